The van der Waals surface area contributed by atoms with Crippen molar-refractivity contribution in [1.82, 2.24) is 24.6 Å². The molecule has 0 aliphatic carbocycles. The number of anilines is 1. The summed E-state index contributed by atoms with van der Waals surface area (Å²) < 4.78 is 15.3. The molecule has 30 heavy (non-hydrogen) atoms. The van der Waals surface area contributed by atoms with Gasteiger partial charge in [-0.3, -0.25) is 0 Å². The molecule has 1 aliphatic heterocycles. The van der Waals surface area contributed by atoms with E-state index in [4.69, 9.17) is 5.73 Å². The van der Waals surface area contributed by atoms with E-state index in [1.807, 2.05) is 24.3 Å². The Morgan fingerprint density at radius 2 is 1.93 bits per heavy atom. The Morgan fingerprint density at radius 3 is 2.63 bits per heavy atom. The average molecular weight is 409 g/mol. The van der Waals surface area contributed by atoms with Crippen LogP contribution in [0.15, 0.2) is 65.5 Å². The summed E-state index contributed by atoms with van der Waals surface area (Å²) in [5.41, 5.74) is 8.25. The average Bonchev–Trinajstić information content (AvgIpc) is 3.18. The van der Waals surface area contributed by atoms with Gasteiger partial charge in [-0.05, 0) is 29.8 Å². The second-order valence-corrected chi connectivity index (χ2v) is 7.08. The maximum absolute atomic E-state index is 12.8. The summed E-state index contributed by atoms with van der Waals surface area (Å²) in [4.78, 5) is 19.6. The van der Waals surface area contributed by atoms with Crippen molar-refractivity contribution in [1.29, 1.82) is 0 Å². The maximum Gasteiger partial charge on any atom is 0.351 e. The number of nitrogens with one attached hydrogen (secondary N) is 1. The zero-order valence-corrected chi connectivity index (χ0v) is 16.5. The summed E-state index contributed by atoms with van der Waals surface area (Å²) >= 11 is 0. The predicted molar refractivity (Wildman–Crippen MR) is 114 cm³/mol. The third-order valence-electron chi connectivity index (χ3n) is 5.13. The lowest BCUT2D eigenvalue weighted by atomic mass is 10.1. The van der Waals surface area contributed by atoms with E-state index >= 15 is 0 Å². The molecule has 0 spiro atoms. The Hall–Kier alpha value is -3.30. The van der Waals surface area contributed by atoms with Crippen molar-refractivity contribution in [2.75, 3.05) is 37.6 Å². The molecule has 3 aromatic rings. The summed E-state index contributed by atoms with van der Waals surface area (Å²) in [5, 5.41) is 7.40. The molecule has 156 valence electrons. The van der Waals surface area contributed by atoms with Crippen LogP contribution in [0, 0.1) is 0 Å². The molecule has 8 nitrogen and oxygen atoms in total. The van der Waals surface area contributed by atoms with Gasteiger partial charge in [-0.25, -0.2) is 23.4 Å². The first-order chi connectivity index (χ1) is 14.7. The Labute approximate surface area is 173 Å². The molecule has 1 aliphatic rings. The van der Waals surface area contributed by atoms with E-state index in [0.29, 0.717) is 12.1 Å². The van der Waals surface area contributed by atoms with E-state index in [1.54, 1.807) is 6.07 Å². The lowest BCUT2D eigenvalue weighted by molar-refractivity contribution is 0.589. The minimum Gasteiger partial charge on any atom is -0.369 e. The lowest BCUT2D eigenvalue weighted by Gasteiger charge is -2.29. The Kier molecular flexibility index (Phi) is 6.01. The Bertz CT molecular complexity index is 1080. The van der Waals surface area contributed by atoms with Crippen LogP contribution in [0.25, 0.3) is 17.1 Å². The molecule has 1 aromatic carbocycles. The standard InChI is InChI=1S/C21H24FN7O/c22-12-16(13-23)14-29-21(30)28(15-25-29)20-3-1-2-19(26-20)17-4-6-18(7-5-17)27-10-8-24-9-11-27/h1-7,12,15,24H,8-11,13-14,23H2/b16-12+. The summed E-state index contributed by atoms with van der Waals surface area (Å²) in [6.45, 7) is 3.98. The molecule has 1 saturated heterocycles. The number of piperazine rings is 1. The molecule has 0 saturated carbocycles. The monoisotopic (exact) mass is 409 g/mol. The molecule has 3 N–H and O–H groups in total. The van der Waals surface area contributed by atoms with E-state index in [1.165, 1.54) is 16.6 Å². The van der Waals surface area contributed by atoms with Crippen LogP contribution in [-0.4, -0.2) is 52.1 Å². The molecular formula is C21H24FN7O. The van der Waals surface area contributed by atoms with E-state index < -0.39 is 5.69 Å². The molecule has 0 bridgehead atoms. The van der Waals surface area contributed by atoms with E-state index in [-0.39, 0.29) is 18.7 Å². The molecule has 9 heteroatoms. The van der Waals surface area contributed by atoms with Crippen LogP contribution < -0.4 is 21.6 Å². The minimum absolute atomic E-state index is 0.00596. The predicted octanol–water partition coefficient (Wildman–Crippen LogP) is 1.32. The van der Waals surface area contributed by atoms with Crippen molar-refractivity contribution in [2.45, 2.75) is 6.54 Å². The van der Waals surface area contributed by atoms with Gasteiger partial charge in [-0.2, -0.15) is 5.10 Å². The van der Waals surface area contributed by atoms with Crippen molar-refractivity contribution in [3.8, 4) is 17.1 Å². The number of nitrogens with two attached hydrogens (primary N) is 1. The molecule has 1 fully saturated rings. The maximum atomic E-state index is 12.8. The third-order valence-corrected chi connectivity index (χ3v) is 5.13. The SMILES string of the molecule is NC/C(=C\F)Cn1ncn(-c2cccc(-c3ccc(N4CCNCC4)cc3)n2)c1=O. The summed E-state index contributed by atoms with van der Waals surface area (Å²) in [6.07, 6.45) is 1.79. The van der Waals surface area contributed by atoms with Crippen LogP contribution in [0.5, 0.6) is 0 Å². The van der Waals surface area contributed by atoms with E-state index in [0.717, 1.165) is 42.1 Å². The van der Waals surface area contributed by atoms with Gasteiger partial charge in [0, 0.05) is 44.0 Å². The fourth-order valence-electron chi connectivity index (χ4n) is 3.42. The van der Waals surface area contributed by atoms with Crippen LogP contribution in [0.2, 0.25) is 0 Å². The van der Waals surface area contributed by atoms with Gasteiger partial charge in [-0.1, -0.05) is 18.2 Å². The largest absolute Gasteiger partial charge is 0.369 e. The van der Waals surface area contributed by atoms with Crippen LogP contribution in [0.4, 0.5) is 10.1 Å². The fourth-order valence-corrected chi connectivity index (χ4v) is 3.42. The van der Waals surface area contributed by atoms with E-state index in [9.17, 15) is 9.18 Å². The minimum atomic E-state index is -0.401. The quantitative estimate of drug-likeness (QED) is 0.638. The molecule has 0 radical (unpaired) electrons. The zero-order valence-electron chi connectivity index (χ0n) is 16.5. The number of halogens is 1. The molecule has 4 rings (SSSR count). The van der Waals surface area contributed by atoms with Crippen molar-refractivity contribution in [2.24, 2.45) is 5.73 Å². The topological polar surface area (TPSA) is 94.0 Å². The smallest absolute Gasteiger partial charge is 0.351 e. The van der Waals surface area contributed by atoms with Gasteiger partial charge in [0.05, 0.1) is 18.6 Å². The number of rotatable bonds is 6. The van der Waals surface area contributed by atoms with Gasteiger partial charge >= 0.3 is 5.69 Å². The number of pyridine rings is 1. The summed E-state index contributed by atoms with van der Waals surface area (Å²) in [7, 11) is 0. The summed E-state index contributed by atoms with van der Waals surface area (Å²) in [6, 6.07) is 13.7. The van der Waals surface area contributed by atoms with Crippen LogP contribution in [-0.2, 0) is 6.54 Å². The molecule has 0 amide bonds. The first kappa shape index (κ1) is 20.0. The van der Waals surface area contributed by atoms with Crippen LogP contribution >= 0.6 is 0 Å². The van der Waals surface area contributed by atoms with Gasteiger partial charge in [0.2, 0.25) is 0 Å². The highest BCUT2D eigenvalue weighted by Crippen LogP contribution is 2.22. The molecule has 3 heterocycles. The van der Waals surface area contributed by atoms with Gasteiger partial charge in [-0.15, -0.1) is 0 Å². The van der Waals surface area contributed by atoms with Crippen LogP contribution in [0.3, 0.4) is 0 Å². The van der Waals surface area contributed by atoms with Crippen molar-refractivity contribution >= 4 is 5.69 Å². The highest BCUT2D eigenvalue weighted by atomic mass is 19.1. The normalized spacial score (nSPS) is 14.9. The zero-order chi connectivity index (χ0) is 20.9. The van der Waals surface area contributed by atoms with Gasteiger partial charge in [0.25, 0.3) is 0 Å². The van der Waals surface area contributed by atoms with Crippen molar-refractivity contribution < 1.29 is 4.39 Å². The summed E-state index contributed by atoms with van der Waals surface area (Å²) in [5.74, 6) is 0.452. The first-order valence-corrected chi connectivity index (χ1v) is 9.86. The van der Waals surface area contributed by atoms with Gasteiger partial charge < -0.3 is 16.0 Å². The number of nitrogens with zero attached hydrogens (tertiary/aromatic N) is 5. The second kappa shape index (κ2) is 9.02. The number of hydrogen-bond acceptors (Lipinski definition) is 6. The van der Waals surface area contributed by atoms with Gasteiger partial charge in [0.1, 0.15) is 12.1 Å². The highest BCUT2D eigenvalue weighted by molar-refractivity contribution is 5.64. The molecular weight excluding hydrogens is 385 g/mol. The van der Waals surface area contributed by atoms with Crippen LogP contribution in [0.1, 0.15) is 0 Å². The van der Waals surface area contributed by atoms with Gasteiger partial charge in [0.15, 0.2) is 0 Å². The highest BCUT2D eigenvalue weighted by Gasteiger charge is 2.12. The Morgan fingerprint density at radius 1 is 1.17 bits per heavy atom. The Balaban J connectivity index is 1.57. The molecule has 2 aromatic heterocycles. The molecule has 0 unspecified atom stereocenters. The first-order valence-electron chi connectivity index (χ1n) is 9.86. The second-order valence-electron chi connectivity index (χ2n) is 7.08. The molecule has 0 atom stereocenters. The fraction of sp³-hybridized carbons (Fsp3) is 0.286. The van der Waals surface area contributed by atoms with Crippen molar-refractivity contribution in [3.63, 3.8) is 0 Å². The number of hydrogen-bond donors (Lipinski definition) is 2. The van der Waals surface area contributed by atoms with E-state index in [2.05, 4.69) is 32.4 Å². The number of aromatic nitrogens is 4. The van der Waals surface area contributed by atoms with Crippen molar-refractivity contribution in [3.05, 3.63) is 71.2 Å². The number of benzene rings is 1. The lowest BCUT2D eigenvalue weighted by Crippen LogP contribution is -2.43. The third kappa shape index (κ3) is 4.17.